The van der Waals surface area contributed by atoms with Crippen LogP contribution in [0.3, 0.4) is 0 Å². The number of ether oxygens (including phenoxy) is 2. The van der Waals surface area contributed by atoms with Gasteiger partial charge in [-0.25, -0.2) is 9.67 Å². The van der Waals surface area contributed by atoms with E-state index in [0.29, 0.717) is 46.4 Å². The van der Waals surface area contributed by atoms with Crippen LogP contribution in [0, 0.1) is 6.92 Å². The molecule has 186 valence electrons. The van der Waals surface area contributed by atoms with Gasteiger partial charge in [0.1, 0.15) is 5.39 Å². The summed E-state index contributed by atoms with van der Waals surface area (Å²) < 4.78 is 13.9. The van der Waals surface area contributed by atoms with Crippen molar-refractivity contribution in [3.63, 3.8) is 0 Å². The van der Waals surface area contributed by atoms with Crippen LogP contribution in [0.1, 0.15) is 23.6 Å². The number of hydrogen-bond donors (Lipinski definition) is 1. The molecule has 4 aromatic rings. The predicted octanol–water partition coefficient (Wildman–Crippen LogP) is 3.30. The van der Waals surface area contributed by atoms with Crippen LogP contribution in [0.2, 0.25) is 0 Å². The molecule has 0 saturated heterocycles. The largest absolute Gasteiger partial charge is 0.493 e. The zero-order valence-corrected chi connectivity index (χ0v) is 21.2. The van der Waals surface area contributed by atoms with Crippen LogP contribution >= 0.6 is 11.8 Å². The Morgan fingerprint density at radius 3 is 2.78 bits per heavy atom. The lowest BCUT2D eigenvalue weighted by Crippen LogP contribution is -2.31. The summed E-state index contributed by atoms with van der Waals surface area (Å²) in [6.45, 7) is 2.49. The number of thioether (sulfide) groups is 1. The summed E-state index contributed by atoms with van der Waals surface area (Å²) >= 11 is 1.49. The molecular formula is C26H27N5O4S. The Hall–Kier alpha value is -3.79. The second-order valence-corrected chi connectivity index (χ2v) is 9.65. The second kappa shape index (κ2) is 10.1. The van der Waals surface area contributed by atoms with Crippen LogP contribution in [0.15, 0.2) is 58.6 Å². The number of carbonyl (C=O) groups excluding carboxylic acids is 1. The first-order chi connectivity index (χ1) is 17.5. The maximum absolute atomic E-state index is 13.3. The van der Waals surface area contributed by atoms with Gasteiger partial charge in [0.05, 0.1) is 32.1 Å². The van der Waals surface area contributed by atoms with Gasteiger partial charge >= 0.3 is 0 Å². The number of rotatable bonds is 8. The number of nitrogens with zero attached hydrogens (tertiary/aromatic N) is 4. The summed E-state index contributed by atoms with van der Waals surface area (Å²) in [6.07, 6.45) is 2.43. The zero-order valence-electron chi connectivity index (χ0n) is 20.4. The highest BCUT2D eigenvalue weighted by Crippen LogP contribution is 2.33. The first-order valence-corrected chi connectivity index (χ1v) is 12.6. The Morgan fingerprint density at radius 1 is 1.17 bits per heavy atom. The van der Waals surface area contributed by atoms with Crippen molar-refractivity contribution in [2.75, 3.05) is 26.5 Å². The molecule has 0 fully saturated rings. The first-order valence-electron chi connectivity index (χ1n) is 11.7. The maximum Gasteiger partial charge on any atom is 0.265 e. The molecule has 10 heteroatoms. The fraction of sp³-hybridized carbons (Fsp3) is 0.308. The van der Waals surface area contributed by atoms with Gasteiger partial charge in [-0.3, -0.25) is 14.2 Å². The molecule has 1 amide bonds. The summed E-state index contributed by atoms with van der Waals surface area (Å²) in [5, 5.41) is 8.45. The van der Waals surface area contributed by atoms with Gasteiger partial charge in [-0.15, -0.1) is 0 Å². The Morgan fingerprint density at radius 2 is 2.00 bits per heavy atom. The lowest BCUT2D eigenvalue weighted by Gasteiger charge is -2.14. The van der Waals surface area contributed by atoms with E-state index < -0.39 is 0 Å². The molecule has 1 N–H and O–H groups in total. The minimum atomic E-state index is -0.252. The molecule has 1 aliphatic rings. The van der Waals surface area contributed by atoms with Gasteiger partial charge in [-0.2, -0.15) is 5.10 Å². The molecule has 0 spiro atoms. The minimum Gasteiger partial charge on any atom is -0.493 e. The summed E-state index contributed by atoms with van der Waals surface area (Å²) in [6, 6.07) is 13.4. The molecule has 0 radical (unpaired) electrons. The van der Waals surface area contributed by atoms with E-state index in [1.807, 2.05) is 49.4 Å². The van der Waals surface area contributed by atoms with Crippen LogP contribution in [-0.2, 0) is 11.2 Å². The van der Waals surface area contributed by atoms with E-state index in [-0.39, 0.29) is 23.9 Å². The monoisotopic (exact) mass is 505 g/mol. The molecule has 9 nitrogen and oxygen atoms in total. The molecule has 0 saturated carbocycles. The first kappa shape index (κ1) is 23.9. The van der Waals surface area contributed by atoms with Crippen LogP contribution in [-0.4, -0.2) is 51.8 Å². The molecule has 3 heterocycles. The normalized spacial score (nSPS) is 14.6. The van der Waals surface area contributed by atoms with Gasteiger partial charge in [0.15, 0.2) is 22.3 Å². The molecule has 2 aromatic carbocycles. The SMILES string of the molecule is COc1ccc(CCNC(=O)CC2CSc3nc4c(cnn4-c4cccc(C)c4)c(=O)n32)cc1OC. The molecule has 1 atom stereocenters. The van der Waals surface area contributed by atoms with E-state index >= 15 is 0 Å². The van der Waals surface area contributed by atoms with Gasteiger partial charge in [-0.05, 0) is 48.7 Å². The highest BCUT2D eigenvalue weighted by atomic mass is 32.2. The number of aromatic nitrogens is 4. The Balaban J connectivity index is 1.28. The third-order valence-electron chi connectivity index (χ3n) is 6.22. The van der Waals surface area contributed by atoms with Crippen molar-refractivity contribution in [2.45, 2.75) is 31.0 Å². The van der Waals surface area contributed by atoms with Crippen LogP contribution in [0.5, 0.6) is 11.5 Å². The average Bonchev–Trinajstić information content (AvgIpc) is 3.49. The number of hydrogen-bond acceptors (Lipinski definition) is 7. The number of carbonyl (C=O) groups is 1. The van der Waals surface area contributed by atoms with Crippen molar-refractivity contribution in [3.8, 4) is 17.2 Å². The lowest BCUT2D eigenvalue weighted by molar-refractivity contribution is -0.121. The van der Waals surface area contributed by atoms with Gasteiger partial charge in [0.25, 0.3) is 5.56 Å². The van der Waals surface area contributed by atoms with E-state index in [1.165, 1.54) is 11.8 Å². The van der Waals surface area contributed by atoms with Crippen molar-refractivity contribution in [1.29, 1.82) is 0 Å². The average molecular weight is 506 g/mol. The topological polar surface area (TPSA) is 100 Å². The van der Waals surface area contributed by atoms with Crippen LogP contribution in [0.4, 0.5) is 0 Å². The van der Waals surface area contributed by atoms with E-state index in [0.717, 1.165) is 16.8 Å². The number of amides is 1. The van der Waals surface area contributed by atoms with Crippen molar-refractivity contribution >= 4 is 28.7 Å². The number of benzene rings is 2. The number of methoxy groups -OCH3 is 2. The summed E-state index contributed by atoms with van der Waals surface area (Å²) in [5.41, 5.74) is 3.35. The molecule has 36 heavy (non-hydrogen) atoms. The van der Waals surface area contributed by atoms with Gasteiger partial charge < -0.3 is 14.8 Å². The van der Waals surface area contributed by atoms with Crippen LogP contribution in [0.25, 0.3) is 16.7 Å². The van der Waals surface area contributed by atoms with Crippen LogP contribution < -0.4 is 20.3 Å². The molecule has 0 aliphatic carbocycles. The third kappa shape index (κ3) is 4.56. The Labute approximate surface area is 212 Å². The standard InChI is InChI=1S/C26H27N5O4S/c1-16-5-4-6-18(11-16)31-24-20(14-28-31)25(33)30-19(15-36-26(30)29-24)13-23(32)27-10-9-17-7-8-21(34-2)22(12-17)35-3/h4-8,11-12,14,19H,9-10,13,15H2,1-3H3,(H,27,32). The second-order valence-electron chi connectivity index (χ2n) is 8.66. The maximum atomic E-state index is 13.3. The molecule has 2 aromatic heterocycles. The van der Waals surface area contributed by atoms with Gasteiger partial charge in [-0.1, -0.05) is 30.0 Å². The lowest BCUT2D eigenvalue weighted by atomic mass is 10.1. The van der Waals surface area contributed by atoms with E-state index in [1.54, 1.807) is 29.7 Å². The molecule has 0 bridgehead atoms. The highest BCUT2D eigenvalue weighted by Gasteiger charge is 2.29. The Bertz CT molecular complexity index is 1500. The Kier molecular flexibility index (Phi) is 6.69. The predicted molar refractivity (Wildman–Crippen MR) is 138 cm³/mol. The van der Waals surface area contributed by atoms with Crippen molar-refractivity contribution < 1.29 is 14.3 Å². The van der Waals surface area contributed by atoms with E-state index in [4.69, 9.17) is 14.5 Å². The number of aryl methyl sites for hydroxylation is 1. The smallest absolute Gasteiger partial charge is 0.265 e. The van der Waals surface area contributed by atoms with Gasteiger partial charge in [0, 0.05) is 18.7 Å². The summed E-state index contributed by atoms with van der Waals surface area (Å²) in [7, 11) is 3.19. The van der Waals surface area contributed by atoms with E-state index in [9.17, 15) is 9.59 Å². The summed E-state index contributed by atoms with van der Waals surface area (Å²) in [5.74, 6) is 1.84. The molecule has 5 rings (SSSR count). The minimum absolute atomic E-state index is 0.101. The quantitative estimate of drug-likeness (QED) is 0.367. The molecule has 1 aliphatic heterocycles. The molecule has 1 unspecified atom stereocenters. The van der Waals surface area contributed by atoms with Crippen molar-refractivity contribution in [1.82, 2.24) is 24.6 Å². The highest BCUT2D eigenvalue weighted by molar-refractivity contribution is 7.99. The molecular weight excluding hydrogens is 478 g/mol. The summed E-state index contributed by atoms with van der Waals surface area (Å²) in [4.78, 5) is 30.8. The zero-order chi connectivity index (χ0) is 25.2. The third-order valence-corrected chi connectivity index (χ3v) is 7.32. The fourth-order valence-electron chi connectivity index (χ4n) is 4.40. The van der Waals surface area contributed by atoms with Crippen molar-refractivity contribution in [2.24, 2.45) is 0 Å². The number of nitrogens with one attached hydrogen (secondary N) is 1. The fourth-order valence-corrected chi connectivity index (χ4v) is 5.53. The number of fused-ring (bicyclic) bond motifs is 2. The van der Waals surface area contributed by atoms with Crippen molar-refractivity contribution in [3.05, 3.63) is 70.1 Å². The van der Waals surface area contributed by atoms with E-state index in [2.05, 4.69) is 10.4 Å². The van der Waals surface area contributed by atoms with Gasteiger partial charge in [0.2, 0.25) is 5.91 Å².